The van der Waals surface area contributed by atoms with E-state index in [1.807, 2.05) is 18.2 Å². The highest BCUT2D eigenvalue weighted by atomic mass is 35.5. The molecule has 0 saturated heterocycles. The number of hydrogen-bond donors (Lipinski definition) is 2. The minimum Gasteiger partial charge on any atom is -0.396 e. The Balaban J connectivity index is 2.01. The van der Waals surface area contributed by atoms with Crippen molar-refractivity contribution in [2.24, 2.45) is 0 Å². The summed E-state index contributed by atoms with van der Waals surface area (Å²) >= 11 is 5.84. The number of halogens is 1. The molecular weight excluding hydrogens is 246 g/mol. The number of benzene rings is 1. The van der Waals surface area contributed by atoms with Crippen molar-refractivity contribution < 1.29 is 0 Å². The van der Waals surface area contributed by atoms with Crippen LogP contribution in [-0.2, 0) is 0 Å². The lowest BCUT2D eigenvalue weighted by Gasteiger charge is -2.14. The van der Waals surface area contributed by atoms with Crippen molar-refractivity contribution in [1.82, 2.24) is 4.98 Å². The van der Waals surface area contributed by atoms with Crippen molar-refractivity contribution in [3.05, 3.63) is 53.2 Å². The molecule has 2 aromatic rings. The summed E-state index contributed by atoms with van der Waals surface area (Å²) in [6.07, 6.45) is 0. The summed E-state index contributed by atoms with van der Waals surface area (Å²) in [7, 11) is 0. The van der Waals surface area contributed by atoms with Gasteiger partial charge in [-0.1, -0.05) is 48.9 Å². The third kappa shape index (κ3) is 3.14. The second-order valence-corrected chi connectivity index (χ2v) is 4.65. The fourth-order valence-corrected chi connectivity index (χ4v) is 1.88. The van der Waals surface area contributed by atoms with Crippen LogP contribution >= 0.6 is 11.6 Å². The molecule has 0 fully saturated rings. The van der Waals surface area contributed by atoms with E-state index in [1.165, 1.54) is 5.56 Å². The van der Waals surface area contributed by atoms with Crippen molar-refractivity contribution in [2.45, 2.75) is 12.8 Å². The lowest BCUT2D eigenvalue weighted by atomic mass is 10.0. The molecule has 1 unspecified atom stereocenters. The zero-order valence-electron chi connectivity index (χ0n) is 10.2. The zero-order valence-corrected chi connectivity index (χ0v) is 11.0. The van der Waals surface area contributed by atoms with Crippen LogP contribution in [0.2, 0.25) is 5.15 Å². The fourth-order valence-electron chi connectivity index (χ4n) is 1.74. The van der Waals surface area contributed by atoms with Gasteiger partial charge in [-0.05, 0) is 23.6 Å². The van der Waals surface area contributed by atoms with Crippen LogP contribution in [0.4, 0.5) is 11.5 Å². The normalized spacial score (nSPS) is 12.1. The van der Waals surface area contributed by atoms with Gasteiger partial charge in [-0.2, -0.15) is 0 Å². The first-order chi connectivity index (χ1) is 8.66. The van der Waals surface area contributed by atoms with Crippen LogP contribution in [0, 0.1) is 0 Å². The van der Waals surface area contributed by atoms with Crippen LogP contribution in [0.1, 0.15) is 18.4 Å². The molecule has 4 heteroatoms. The molecule has 2 rings (SSSR count). The zero-order chi connectivity index (χ0) is 13.0. The number of rotatable bonds is 4. The standard InChI is InChI=1S/C14H16ClN3/c1-10(11-5-3-2-4-6-11)9-17-14-12(16)7-8-13(15)18-14/h2-8,10H,9,16H2,1H3,(H,17,18). The molecule has 0 spiro atoms. The highest BCUT2D eigenvalue weighted by Gasteiger charge is 2.07. The summed E-state index contributed by atoms with van der Waals surface area (Å²) in [5.41, 5.74) is 7.72. The topological polar surface area (TPSA) is 50.9 Å². The van der Waals surface area contributed by atoms with Gasteiger partial charge in [0, 0.05) is 6.54 Å². The van der Waals surface area contributed by atoms with E-state index in [9.17, 15) is 0 Å². The molecule has 1 atom stereocenters. The van der Waals surface area contributed by atoms with E-state index in [0.29, 0.717) is 22.6 Å². The molecular formula is C14H16ClN3. The number of pyridine rings is 1. The number of nitrogens with two attached hydrogens (primary N) is 1. The Kier molecular flexibility index (Phi) is 4.05. The minimum atomic E-state index is 0.381. The SMILES string of the molecule is CC(CNc1nc(Cl)ccc1N)c1ccccc1. The van der Waals surface area contributed by atoms with Gasteiger partial charge < -0.3 is 11.1 Å². The molecule has 3 N–H and O–H groups in total. The average molecular weight is 262 g/mol. The van der Waals surface area contributed by atoms with E-state index >= 15 is 0 Å². The van der Waals surface area contributed by atoms with Gasteiger partial charge in [0.25, 0.3) is 0 Å². The van der Waals surface area contributed by atoms with Crippen molar-refractivity contribution in [3.8, 4) is 0 Å². The summed E-state index contributed by atoms with van der Waals surface area (Å²) in [5, 5.41) is 3.68. The van der Waals surface area contributed by atoms with E-state index in [4.69, 9.17) is 17.3 Å². The Morgan fingerprint density at radius 3 is 2.67 bits per heavy atom. The number of nitrogens with zero attached hydrogens (tertiary/aromatic N) is 1. The first kappa shape index (κ1) is 12.7. The molecule has 1 aromatic carbocycles. The monoisotopic (exact) mass is 261 g/mol. The quantitative estimate of drug-likeness (QED) is 0.828. The fraction of sp³-hybridized carbons (Fsp3) is 0.214. The molecule has 0 aliphatic carbocycles. The van der Waals surface area contributed by atoms with Gasteiger partial charge in [0.2, 0.25) is 0 Å². The molecule has 0 aliphatic rings. The molecule has 1 aromatic heterocycles. The van der Waals surface area contributed by atoms with Crippen LogP contribution < -0.4 is 11.1 Å². The molecule has 3 nitrogen and oxygen atoms in total. The molecule has 18 heavy (non-hydrogen) atoms. The van der Waals surface area contributed by atoms with E-state index < -0.39 is 0 Å². The second-order valence-electron chi connectivity index (χ2n) is 4.26. The van der Waals surface area contributed by atoms with Crippen molar-refractivity contribution >= 4 is 23.1 Å². The Hall–Kier alpha value is -1.74. The van der Waals surface area contributed by atoms with E-state index in [1.54, 1.807) is 12.1 Å². The second kappa shape index (κ2) is 5.74. The summed E-state index contributed by atoms with van der Waals surface area (Å²) in [6, 6.07) is 13.8. The predicted octanol–water partition coefficient (Wildman–Crippen LogP) is 3.53. The molecule has 94 valence electrons. The lowest BCUT2D eigenvalue weighted by molar-refractivity contribution is 0.802. The number of anilines is 2. The molecule has 0 bridgehead atoms. The van der Waals surface area contributed by atoms with Gasteiger partial charge in [-0.3, -0.25) is 0 Å². The third-order valence-corrected chi connectivity index (χ3v) is 3.05. The smallest absolute Gasteiger partial charge is 0.150 e. The van der Waals surface area contributed by atoms with Crippen LogP contribution in [0.25, 0.3) is 0 Å². The maximum absolute atomic E-state index is 5.84. The van der Waals surface area contributed by atoms with Gasteiger partial charge in [-0.25, -0.2) is 4.98 Å². The maximum atomic E-state index is 5.84. The number of hydrogen-bond acceptors (Lipinski definition) is 3. The average Bonchev–Trinajstić information content (AvgIpc) is 2.40. The van der Waals surface area contributed by atoms with Crippen LogP contribution in [0.3, 0.4) is 0 Å². The number of nitrogen functional groups attached to an aromatic ring is 1. The minimum absolute atomic E-state index is 0.381. The Morgan fingerprint density at radius 1 is 1.22 bits per heavy atom. The van der Waals surface area contributed by atoms with Crippen molar-refractivity contribution in [3.63, 3.8) is 0 Å². The summed E-state index contributed by atoms with van der Waals surface area (Å²) in [6.45, 7) is 2.92. The van der Waals surface area contributed by atoms with Gasteiger partial charge in [0.1, 0.15) is 5.15 Å². The number of nitrogens with one attached hydrogen (secondary N) is 1. The van der Waals surface area contributed by atoms with E-state index in [-0.39, 0.29) is 0 Å². The first-order valence-corrected chi connectivity index (χ1v) is 6.25. The van der Waals surface area contributed by atoms with E-state index in [2.05, 4.69) is 29.4 Å². The van der Waals surface area contributed by atoms with Gasteiger partial charge >= 0.3 is 0 Å². The molecule has 0 saturated carbocycles. The summed E-state index contributed by atoms with van der Waals surface area (Å²) in [4.78, 5) is 4.17. The summed E-state index contributed by atoms with van der Waals surface area (Å²) < 4.78 is 0. The van der Waals surface area contributed by atoms with Crippen LogP contribution in [0.5, 0.6) is 0 Å². The van der Waals surface area contributed by atoms with Crippen LogP contribution in [0.15, 0.2) is 42.5 Å². The highest BCUT2D eigenvalue weighted by molar-refractivity contribution is 6.29. The largest absolute Gasteiger partial charge is 0.396 e. The van der Waals surface area contributed by atoms with E-state index in [0.717, 1.165) is 6.54 Å². The van der Waals surface area contributed by atoms with Crippen molar-refractivity contribution in [2.75, 3.05) is 17.6 Å². The molecule has 0 aliphatic heterocycles. The van der Waals surface area contributed by atoms with Gasteiger partial charge in [0.05, 0.1) is 5.69 Å². The molecule has 0 radical (unpaired) electrons. The Morgan fingerprint density at radius 2 is 1.94 bits per heavy atom. The first-order valence-electron chi connectivity index (χ1n) is 5.87. The molecule has 0 amide bonds. The lowest BCUT2D eigenvalue weighted by Crippen LogP contribution is -2.12. The van der Waals surface area contributed by atoms with Gasteiger partial charge in [-0.15, -0.1) is 0 Å². The molecule has 1 heterocycles. The Labute approximate surface area is 112 Å². The highest BCUT2D eigenvalue weighted by Crippen LogP contribution is 2.20. The summed E-state index contributed by atoms with van der Waals surface area (Å²) in [5.74, 6) is 1.02. The third-order valence-electron chi connectivity index (χ3n) is 2.84. The predicted molar refractivity (Wildman–Crippen MR) is 77.0 cm³/mol. The van der Waals surface area contributed by atoms with Crippen LogP contribution in [-0.4, -0.2) is 11.5 Å². The maximum Gasteiger partial charge on any atom is 0.150 e. The number of aromatic nitrogens is 1. The Bertz CT molecular complexity index is 514. The van der Waals surface area contributed by atoms with Crippen molar-refractivity contribution in [1.29, 1.82) is 0 Å². The van der Waals surface area contributed by atoms with Gasteiger partial charge in [0.15, 0.2) is 5.82 Å².